The third-order valence-corrected chi connectivity index (χ3v) is 9.04. The third-order valence-electron chi connectivity index (χ3n) is 4.11. The van der Waals surface area contributed by atoms with Gasteiger partial charge in [-0.25, -0.2) is 26.8 Å². The molecule has 0 bridgehead atoms. The Bertz CT molecular complexity index is 945. The molecular formula is C13H22N4O9S3. The lowest BCUT2D eigenvalue weighted by Gasteiger charge is -2.37. The first kappa shape index (κ1) is 24.1. The van der Waals surface area contributed by atoms with Crippen molar-refractivity contribution >= 4 is 37.3 Å². The molecule has 13 nitrogen and oxygen atoms in total. The fourth-order valence-electron chi connectivity index (χ4n) is 2.78. The highest BCUT2D eigenvalue weighted by Crippen LogP contribution is 2.41. The van der Waals surface area contributed by atoms with Crippen LogP contribution in [0, 0.1) is 0 Å². The van der Waals surface area contributed by atoms with E-state index in [-0.39, 0.29) is 46.9 Å². The SMILES string of the molecule is CCN(C(=O)COCCON(O)O)[C@H]1CN(C)S(=O)(=O)c2sc(S(N)(=O)=O)cc21. The molecule has 1 aliphatic rings. The van der Waals surface area contributed by atoms with E-state index >= 15 is 0 Å². The fraction of sp³-hybridized carbons (Fsp3) is 0.615. The number of primary sulfonamides is 1. The topological polar surface area (TPSA) is 180 Å². The number of thiophene rings is 1. The molecule has 0 radical (unpaired) electrons. The van der Waals surface area contributed by atoms with Gasteiger partial charge in [0, 0.05) is 25.7 Å². The highest BCUT2D eigenvalue weighted by atomic mass is 32.3. The number of rotatable bonds is 9. The van der Waals surface area contributed by atoms with Gasteiger partial charge in [0.1, 0.15) is 15.0 Å². The van der Waals surface area contributed by atoms with Crippen LogP contribution < -0.4 is 5.14 Å². The summed E-state index contributed by atoms with van der Waals surface area (Å²) in [5.74, 6) is -0.468. The van der Waals surface area contributed by atoms with E-state index in [0.717, 1.165) is 4.31 Å². The van der Waals surface area contributed by atoms with Crippen molar-refractivity contribution in [3.8, 4) is 0 Å². The van der Waals surface area contributed by atoms with Crippen molar-refractivity contribution in [3.63, 3.8) is 0 Å². The predicted molar refractivity (Wildman–Crippen MR) is 97.8 cm³/mol. The van der Waals surface area contributed by atoms with Crippen LogP contribution >= 0.6 is 11.3 Å². The Balaban J connectivity index is 2.26. The van der Waals surface area contributed by atoms with Crippen LogP contribution in [0.25, 0.3) is 0 Å². The Hall–Kier alpha value is -1.21. The van der Waals surface area contributed by atoms with Crippen LogP contribution in [-0.2, 0) is 34.4 Å². The standard InChI is InChI=1S/C13H22N4O9S3/c1-3-16(11(18)8-25-4-5-26-17(19)20)10-7-15(2)29(23,24)13-9(10)6-12(27-13)28(14,21)22/h6,10,19-20H,3-5,7-8H2,1-2H3,(H2,14,21,22)/t10-/m0/s1. The third kappa shape index (κ3) is 5.48. The fourth-order valence-corrected chi connectivity index (χ4v) is 6.81. The van der Waals surface area contributed by atoms with Crippen molar-refractivity contribution in [2.75, 3.05) is 40.0 Å². The van der Waals surface area contributed by atoms with E-state index in [1.54, 1.807) is 6.92 Å². The van der Waals surface area contributed by atoms with Crippen LogP contribution in [0.1, 0.15) is 18.5 Å². The molecular weight excluding hydrogens is 452 g/mol. The van der Waals surface area contributed by atoms with Crippen LogP contribution in [0.15, 0.2) is 14.5 Å². The van der Waals surface area contributed by atoms with Gasteiger partial charge in [0.15, 0.2) is 0 Å². The molecule has 2 rings (SSSR count). The summed E-state index contributed by atoms with van der Waals surface area (Å²) < 4.78 is 54.3. The van der Waals surface area contributed by atoms with Gasteiger partial charge in [0.25, 0.3) is 10.0 Å². The largest absolute Gasteiger partial charge is 0.369 e. The van der Waals surface area contributed by atoms with Crippen molar-refractivity contribution in [3.05, 3.63) is 11.6 Å². The van der Waals surface area contributed by atoms with Gasteiger partial charge >= 0.3 is 0 Å². The summed E-state index contributed by atoms with van der Waals surface area (Å²) in [5.41, 5.74) is 0.187. The molecule has 0 aromatic carbocycles. The summed E-state index contributed by atoms with van der Waals surface area (Å²) >= 11 is 0.543. The first-order valence-corrected chi connectivity index (χ1v) is 12.0. The van der Waals surface area contributed by atoms with E-state index in [1.807, 2.05) is 0 Å². The molecule has 1 aromatic rings. The summed E-state index contributed by atoms with van der Waals surface area (Å²) in [6.45, 7) is 1.12. The number of hydrogen-bond acceptors (Lipinski definition) is 11. The molecule has 4 N–H and O–H groups in total. The molecule has 29 heavy (non-hydrogen) atoms. The number of carbonyl (C=O) groups is 1. The summed E-state index contributed by atoms with van der Waals surface area (Å²) in [6, 6.07) is 0.458. The highest BCUT2D eigenvalue weighted by molar-refractivity contribution is 7.94. The highest BCUT2D eigenvalue weighted by Gasteiger charge is 2.41. The minimum absolute atomic E-state index is 0.0667. The molecule has 0 aliphatic carbocycles. The van der Waals surface area contributed by atoms with Crippen molar-refractivity contribution in [2.24, 2.45) is 5.14 Å². The zero-order chi connectivity index (χ0) is 22.0. The van der Waals surface area contributed by atoms with Crippen LogP contribution in [0.3, 0.4) is 0 Å². The number of nitrogens with zero attached hydrogens (tertiary/aromatic N) is 3. The van der Waals surface area contributed by atoms with Gasteiger partial charge in [-0.2, -0.15) is 4.31 Å². The van der Waals surface area contributed by atoms with Crippen LogP contribution in [0.4, 0.5) is 0 Å². The van der Waals surface area contributed by atoms with E-state index < -0.39 is 37.4 Å². The van der Waals surface area contributed by atoms with Crippen LogP contribution in [-0.4, -0.2) is 87.7 Å². The van der Waals surface area contributed by atoms with Gasteiger partial charge < -0.3 is 9.64 Å². The number of amides is 1. The average molecular weight is 475 g/mol. The second-order valence-corrected chi connectivity index (χ2v) is 11.1. The monoisotopic (exact) mass is 474 g/mol. The molecule has 16 heteroatoms. The summed E-state index contributed by atoms with van der Waals surface area (Å²) in [6.07, 6.45) is 0. The Morgan fingerprint density at radius 3 is 2.62 bits per heavy atom. The molecule has 0 saturated carbocycles. The molecule has 1 aliphatic heterocycles. The van der Waals surface area contributed by atoms with Crippen LogP contribution in [0.2, 0.25) is 0 Å². The van der Waals surface area contributed by atoms with E-state index in [0.29, 0.717) is 11.3 Å². The molecule has 1 aromatic heterocycles. The molecule has 0 fully saturated rings. The van der Waals surface area contributed by atoms with E-state index in [9.17, 15) is 21.6 Å². The number of ether oxygens (including phenoxy) is 1. The van der Waals surface area contributed by atoms with Gasteiger partial charge in [-0.3, -0.25) is 15.2 Å². The smallest absolute Gasteiger partial charge is 0.252 e. The summed E-state index contributed by atoms with van der Waals surface area (Å²) in [4.78, 5) is 18.3. The Labute approximate surface area is 171 Å². The minimum Gasteiger partial charge on any atom is -0.369 e. The van der Waals surface area contributed by atoms with Crippen LogP contribution in [0.5, 0.6) is 0 Å². The zero-order valence-electron chi connectivity index (χ0n) is 15.6. The first-order valence-electron chi connectivity index (χ1n) is 8.20. The molecule has 1 amide bonds. The van der Waals surface area contributed by atoms with Gasteiger partial charge in [-0.1, -0.05) is 0 Å². The molecule has 0 spiro atoms. The van der Waals surface area contributed by atoms with Crippen molar-refractivity contribution < 1.29 is 41.6 Å². The zero-order valence-corrected chi connectivity index (χ0v) is 18.0. The number of fused-ring (bicyclic) bond motifs is 1. The number of nitrogens with two attached hydrogens (primary N) is 1. The van der Waals surface area contributed by atoms with E-state index in [2.05, 4.69) is 4.84 Å². The number of sulfonamides is 2. The molecule has 2 heterocycles. The lowest BCUT2D eigenvalue weighted by molar-refractivity contribution is -0.493. The van der Waals surface area contributed by atoms with Gasteiger partial charge in [0.05, 0.1) is 24.6 Å². The van der Waals surface area contributed by atoms with E-state index in [4.69, 9.17) is 20.3 Å². The maximum absolute atomic E-state index is 12.6. The summed E-state index contributed by atoms with van der Waals surface area (Å²) in [7, 11) is -6.68. The van der Waals surface area contributed by atoms with Gasteiger partial charge in [-0.05, 0) is 13.0 Å². The minimum atomic E-state index is -4.12. The normalized spacial score (nSPS) is 19.3. The second-order valence-electron chi connectivity index (χ2n) is 5.97. The number of hydrogen-bond donors (Lipinski definition) is 3. The first-order chi connectivity index (χ1) is 13.4. The lowest BCUT2D eigenvalue weighted by atomic mass is 10.1. The number of likely N-dealkylation sites (N-methyl/N-ethyl adjacent to an activating group) is 2. The quantitative estimate of drug-likeness (QED) is 0.295. The van der Waals surface area contributed by atoms with Crippen molar-refractivity contribution in [1.82, 2.24) is 14.6 Å². The number of carbonyl (C=O) groups excluding carboxylic acids is 1. The summed E-state index contributed by atoms with van der Waals surface area (Å²) in [5, 5.41) is 21.5. The van der Waals surface area contributed by atoms with Gasteiger partial charge in [0.2, 0.25) is 15.9 Å². The van der Waals surface area contributed by atoms with Crippen molar-refractivity contribution in [1.29, 1.82) is 0 Å². The average Bonchev–Trinajstić information content (AvgIpc) is 3.06. The van der Waals surface area contributed by atoms with Gasteiger partial charge in [-0.15, -0.1) is 11.3 Å². The van der Waals surface area contributed by atoms with Crippen molar-refractivity contribution in [2.45, 2.75) is 21.4 Å². The van der Waals surface area contributed by atoms with E-state index in [1.165, 1.54) is 18.0 Å². The molecule has 0 unspecified atom stereocenters. The molecule has 1 atom stereocenters. The Kier molecular flexibility index (Phi) is 7.71. The maximum Gasteiger partial charge on any atom is 0.252 e. The predicted octanol–water partition coefficient (Wildman–Crippen LogP) is -1.05. The maximum atomic E-state index is 12.6. The molecule has 0 saturated heterocycles. The lowest BCUT2D eigenvalue weighted by Crippen LogP contribution is -2.46. The Morgan fingerprint density at radius 1 is 1.41 bits per heavy atom. The Morgan fingerprint density at radius 2 is 2.07 bits per heavy atom. The molecule has 166 valence electrons. The second kappa shape index (κ2) is 9.29.